The van der Waals surface area contributed by atoms with Crippen LogP contribution in [0.3, 0.4) is 0 Å². The van der Waals surface area contributed by atoms with Crippen molar-refractivity contribution >= 4 is 27.7 Å². The second-order valence-electron chi connectivity index (χ2n) is 4.11. The van der Waals surface area contributed by atoms with Crippen LogP contribution in [0.25, 0.3) is 0 Å². The molecule has 0 saturated carbocycles. The van der Waals surface area contributed by atoms with Gasteiger partial charge in [0.25, 0.3) is 5.91 Å². The third kappa shape index (κ3) is 4.63. The lowest BCUT2D eigenvalue weighted by atomic mass is 10.2. The third-order valence-corrected chi connectivity index (χ3v) is 2.96. The van der Waals surface area contributed by atoms with Crippen LogP contribution in [0.5, 0.6) is 0 Å². The van der Waals surface area contributed by atoms with Gasteiger partial charge in [-0.2, -0.15) is 0 Å². The van der Waals surface area contributed by atoms with Crippen LogP contribution in [0.4, 0.5) is 4.39 Å². The second-order valence-corrected chi connectivity index (χ2v) is 5.03. The first-order chi connectivity index (χ1) is 8.95. The number of benzene rings is 1. The molecule has 0 aromatic heterocycles. The zero-order valence-electron chi connectivity index (χ0n) is 10.8. The monoisotopic (exact) mass is 330 g/mol. The molecule has 4 nitrogen and oxygen atoms in total. The van der Waals surface area contributed by atoms with Crippen LogP contribution in [0.15, 0.2) is 22.7 Å². The molecule has 0 saturated heterocycles. The Balaban J connectivity index is 2.66. The Bertz CT molecular complexity index is 480. The summed E-state index contributed by atoms with van der Waals surface area (Å²) in [4.78, 5) is 23.4. The van der Waals surface area contributed by atoms with E-state index in [1.807, 2.05) is 6.92 Å². The van der Waals surface area contributed by atoms with Gasteiger partial charge < -0.3 is 10.6 Å². The molecule has 0 radical (unpaired) electrons. The van der Waals surface area contributed by atoms with Gasteiger partial charge in [0, 0.05) is 11.0 Å². The van der Waals surface area contributed by atoms with Crippen molar-refractivity contribution in [3.8, 4) is 0 Å². The minimum atomic E-state index is -0.706. The maximum absolute atomic E-state index is 13.6. The Labute approximate surface area is 119 Å². The fraction of sp³-hybridized carbons (Fsp3) is 0.385. The van der Waals surface area contributed by atoms with Crippen molar-refractivity contribution in [2.75, 3.05) is 6.54 Å². The highest BCUT2D eigenvalue weighted by Gasteiger charge is 2.18. The number of carbonyl (C=O) groups is 2. The number of halogens is 2. The first kappa shape index (κ1) is 15.6. The van der Waals surface area contributed by atoms with Gasteiger partial charge in [-0.05, 0) is 31.5 Å². The highest BCUT2D eigenvalue weighted by atomic mass is 79.9. The molecule has 2 amide bonds. The summed E-state index contributed by atoms with van der Waals surface area (Å²) in [5.41, 5.74) is -0.0849. The lowest BCUT2D eigenvalue weighted by Gasteiger charge is -2.14. The summed E-state index contributed by atoms with van der Waals surface area (Å²) in [5, 5.41) is 5.12. The maximum atomic E-state index is 13.6. The zero-order valence-corrected chi connectivity index (χ0v) is 12.4. The van der Waals surface area contributed by atoms with Gasteiger partial charge in [-0.25, -0.2) is 4.39 Å². The smallest absolute Gasteiger partial charge is 0.254 e. The summed E-state index contributed by atoms with van der Waals surface area (Å²) in [6.45, 7) is 4.03. The van der Waals surface area contributed by atoms with Crippen molar-refractivity contribution in [3.63, 3.8) is 0 Å². The SMILES string of the molecule is CCCNC(=O)C(C)NC(=O)c1ccc(Br)cc1F. The molecule has 0 heterocycles. The summed E-state index contributed by atoms with van der Waals surface area (Å²) in [6, 6.07) is 3.43. The van der Waals surface area contributed by atoms with Gasteiger partial charge in [0.2, 0.25) is 5.91 Å². The lowest BCUT2D eigenvalue weighted by Crippen LogP contribution is -2.45. The van der Waals surface area contributed by atoms with Crippen LogP contribution in [0, 0.1) is 5.82 Å². The summed E-state index contributed by atoms with van der Waals surface area (Å²) in [6.07, 6.45) is 0.813. The Hall–Kier alpha value is -1.43. The van der Waals surface area contributed by atoms with Crippen molar-refractivity contribution < 1.29 is 14.0 Å². The molecule has 0 aliphatic heterocycles. The van der Waals surface area contributed by atoms with Gasteiger partial charge in [-0.15, -0.1) is 0 Å². The number of hydrogen-bond donors (Lipinski definition) is 2. The summed E-state index contributed by atoms with van der Waals surface area (Å²) in [7, 11) is 0. The van der Waals surface area contributed by atoms with Crippen molar-refractivity contribution in [1.82, 2.24) is 10.6 Å². The Morgan fingerprint density at radius 3 is 2.68 bits per heavy atom. The van der Waals surface area contributed by atoms with E-state index in [1.54, 1.807) is 13.0 Å². The summed E-state index contributed by atoms with van der Waals surface area (Å²) in [5.74, 6) is -1.52. The van der Waals surface area contributed by atoms with Gasteiger partial charge in [-0.3, -0.25) is 9.59 Å². The molecular weight excluding hydrogens is 315 g/mol. The molecule has 104 valence electrons. The van der Waals surface area contributed by atoms with E-state index in [9.17, 15) is 14.0 Å². The molecule has 0 spiro atoms. The predicted molar refractivity (Wildman–Crippen MR) is 74.3 cm³/mol. The fourth-order valence-corrected chi connectivity index (χ4v) is 1.75. The summed E-state index contributed by atoms with van der Waals surface area (Å²) < 4.78 is 14.1. The van der Waals surface area contributed by atoms with Gasteiger partial charge in [0.15, 0.2) is 0 Å². The zero-order chi connectivity index (χ0) is 14.4. The van der Waals surface area contributed by atoms with Crippen LogP contribution in [0.1, 0.15) is 30.6 Å². The predicted octanol–water partition coefficient (Wildman–Crippen LogP) is 2.23. The first-order valence-electron chi connectivity index (χ1n) is 5.99. The molecule has 6 heteroatoms. The molecular formula is C13H16BrFN2O2. The van der Waals surface area contributed by atoms with Crippen LogP contribution in [-0.4, -0.2) is 24.4 Å². The minimum Gasteiger partial charge on any atom is -0.354 e. The normalized spacial score (nSPS) is 11.8. The van der Waals surface area contributed by atoms with E-state index in [2.05, 4.69) is 26.6 Å². The lowest BCUT2D eigenvalue weighted by molar-refractivity contribution is -0.122. The summed E-state index contributed by atoms with van der Waals surface area (Å²) >= 11 is 3.11. The van der Waals surface area contributed by atoms with Crippen LogP contribution in [0.2, 0.25) is 0 Å². The Morgan fingerprint density at radius 2 is 2.11 bits per heavy atom. The van der Waals surface area contributed by atoms with E-state index in [4.69, 9.17) is 0 Å². The second kappa shape index (κ2) is 7.23. The van der Waals surface area contributed by atoms with Gasteiger partial charge in [-0.1, -0.05) is 22.9 Å². The number of carbonyl (C=O) groups excluding carboxylic acids is 2. The highest BCUT2D eigenvalue weighted by molar-refractivity contribution is 9.10. The molecule has 1 aromatic rings. The molecule has 2 N–H and O–H groups in total. The van der Waals surface area contributed by atoms with Gasteiger partial charge in [0.1, 0.15) is 11.9 Å². The Kier molecular flexibility index (Phi) is 5.95. The molecule has 0 fully saturated rings. The van der Waals surface area contributed by atoms with E-state index in [-0.39, 0.29) is 11.5 Å². The third-order valence-electron chi connectivity index (χ3n) is 2.47. The number of hydrogen-bond acceptors (Lipinski definition) is 2. The first-order valence-corrected chi connectivity index (χ1v) is 6.78. The maximum Gasteiger partial charge on any atom is 0.254 e. The molecule has 1 unspecified atom stereocenters. The number of rotatable bonds is 5. The minimum absolute atomic E-state index is 0.0849. The van der Waals surface area contributed by atoms with E-state index in [0.717, 1.165) is 6.42 Å². The number of nitrogens with one attached hydrogen (secondary N) is 2. The van der Waals surface area contributed by atoms with Crippen LogP contribution < -0.4 is 10.6 Å². The fourth-order valence-electron chi connectivity index (χ4n) is 1.41. The molecule has 0 aliphatic carbocycles. The average molecular weight is 331 g/mol. The van der Waals surface area contributed by atoms with Gasteiger partial charge >= 0.3 is 0 Å². The van der Waals surface area contributed by atoms with Crippen molar-refractivity contribution in [1.29, 1.82) is 0 Å². The molecule has 1 rings (SSSR count). The Morgan fingerprint density at radius 1 is 1.42 bits per heavy atom. The highest BCUT2D eigenvalue weighted by Crippen LogP contribution is 2.15. The quantitative estimate of drug-likeness (QED) is 0.869. The number of amides is 2. The van der Waals surface area contributed by atoms with Crippen molar-refractivity contribution in [3.05, 3.63) is 34.1 Å². The molecule has 1 aromatic carbocycles. The van der Waals surface area contributed by atoms with E-state index >= 15 is 0 Å². The molecule has 0 aliphatic rings. The topological polar surface area (TPSA) is 58.2 Å². The van der Waals surface area contributed by atoms with Crippen molar-refractivity contribution in [2.45, 2.75) is 26.3 Å². The van der Waals surface area contributed by atoms with E-state index < -0.39 is 17.8 Å². The standard InChI is InChI=1S/C13H16BrFN2O2/c1-3-6-16-12(18)8(2)17-13(19)10-5-4-9(14)7-11(10)15/h4-5,7-8H,3,6H2,1-2H3,(H,16,18)(H,17,19). The van der Waals surface area contributed by atoms with Crippen molar-refractivity contribution in [2.24, 2.45) is 0 Å². The van der Waals surface area contributed by atoms with E-state index in [1.165, 1.54) is 12.1 Å². The molecule has 19 heavy (non-hydrogen) atoms. The average Bonchev–Trinajstić information content (AvgIpc) is 2.35. The van der Waals surface area contributed by atoms with Crippen LogP contribution in [-0.2, 0) is 4.79 Å². The van der Waals surface area contributed by atoms with Gasteiger partial charge in [0.05, 0.1) is 5.56 Å². The molecule has 1 atom stereocenters. The van der Waals surface area contributed by atoms with Crippen LogP contribution >= 0.6 is 15.9 Å². The molecule has 0 bridgehead atoms. The van der Waals surface area contributed by atoms with E-state index in [0.29, 0.717) is 11.0 Å². The largest absolute Gasteiger partial charge is 0.354 e.